The molecule has 1 saturated carbocycles. The molecule has 5 heteroatoms. The maximum absolute atomic E-state index is 12.8. The molecule has 2 aromatic rings. The van der Waals surface area contributed by atoms with Crippen molar-refractivity contribution in [2.45, 2.75) is 6.42 Å². The Labute approximate surface area is 156 Å². The molecule has 1 N–H and O–H groups in total. The number of nitrogens with zero attached hydrogens (tertiary/aromatic N) is 1. The lowest BCUT2D eigenvalue weighted by molar-refractivity contribution is -0.123. The van der Waals surface area contributed by atoms with E-state index in [4.69, 9.17) is 0 Å². The predicted octanol–water partition coefficient (Wildman–Crippen LogP) is 3.25. The summed E-state index contributed by atoms with van der Waals surface area (Å²) in [5.74, 6) is -0.491. The van der Waals surface area contributed by atoms with Gasteiger partial charge in [-0.15, -0.1) is 0 Å². The van der Waals surface area contributed by atoms with Crippen LogP contribution in [-0.4, -0.2) is 17.7 Å². The third-order valence-electron chi connectivity index (χ3n) is 5.89. The first-order valence-electron chi connectivity index (χ1n) is 9.16. The maximum Gasteiger partial charge on any atom is 0.255 e. The topological polar surface area (TPSA) is 66.5 Å². The second kappa shape index (κ2) is 5.91. The number of hydrogen-bond acceptors (Lipinski definition) is 3. The van der Waals surface area contributed by atoms with Gasteiger partial charge in [0, 0.05) is 11.3 Å². The number of hydrogen-bond donors (Lipinski definition) is 1. The van der Waals surface area contributed by atoms with Crippen LogP contribution >= 0.6 is 0 Å². The van der Waals surface area contributed by atoms with Gasteiger partial charge >= 0.3 is 0 Å². The SMILES string of the molecule is O=C(Nc1ccccc1)c1ccc(N2C(=O)[C@H]3[C@H](C2=O)[C@H]2C=C[C@H]3C2)cc1. The van der Waals surface area contributed by atoms with E-state index < -0.39 is 0 Å². The van der Waals surface area contributed by atoms with E-state index in [9.17, 15) is 14.4 Å². The summed E-state index contributed by atoms with van der Waals surface area (Å²) in [5, 5.41) is 2.82. The Balaban J connectivity index is 1.36. The third kappa shape index (κ3) is 2.42. The van der Waals surface area contributed by atoms with E-state index in [1.165, 1.54) is 4.90 Å². The van der Waals surface area contributed by atoms with Crippen molar-refractivity contribution in [2.24, 2.45) is 23.7 Å². The zero-order valence-corrected chi connectivity index (χ0v) is 14.5. The lowest BCUT2D eigenvalue weighted by Gasteiger charge is -2.17. The number of nitrogens with one attached hydrogen (secondary N) is 1. The van der Waals surface area contributed by atoms with Crippen LogP contribution in [0.25, 0.3) is 0 Å². The van der Waals surface area contributed by atoms with Crippen LogP contribution in [0.3, 0.4) is 0 Å². The molecule has 3 aliphatic rings. The van der Waals surface area contributed by atoms with Gasteiger partial charge in [0.2, 0.25) is 11.8 Å². The standard InChI is InChI=1S/C22H18N2O3/c25-20(23-16-4-2-1-3-5-16)13-8-10-17(11-9-13)24-21(26)18-14-6-7-15(12-14)19(18)22(24)27/h1-11,14-15,18-19H,12H2,(H,23,25)/t14-,15-,18+,19+/m0/s1. The summed E-state index contributed by atoms with van der Waals surface area (Å²) in [4.78, 5) is 39.3. The highest BCUT2D eigenvalue weighted by Crippen LogP contribution is 2.53. The van der Waals surface area contributed by atoms with E-state index >= 15 is 0 Å². The molecule has 27 heavy (non-hydrogen) atoms. The van der Waals surface area contributed by atoms with Crippen LogP contribution in [0.15, 0.2) is 66.7 Å². The lowest BCUT2D eigenvalue weighted by Crippen LogP contribution is -2.32. The van der Waals surface area contributed by atoms with Crippen molar-refractivity contribution in [1.82, 2.24) is 0 Å². The average Bonchev–Trinajstić information content (AvgIpc) is 3.37. The van der Waals surface area contributed by atoms with Crippen molar-refractivity contribution in [1.29, 1.82) is 0 Å². The van der Waals surface area contributed by atoms with Gasteiger partial charge in [-0.25, -0.2) is 0 Å². The third-order valence-corrected chi connectivity index (χ3v) is 5.89. The fraction of sp³-hybridized carbons (Fsp3) is 0.227. The Morgan fingerprint density at radius 2 is 1.44 bits per heavy atom. The van der Waals surface area contributed by atoms with Gasteiger partial charge < -0.3 is 5.32 Å². The minimum Gasteiger partial charge on any atom is -0.322 e. The van der Waals surface area contributed by atoms with E-state index in [0.29, 0.717) is 16.9 Å². The van der Waals surface area contributed by atoms with Gasteiger partial charge in [-0.3, -0.25) is 19.3 Å². The largest absolute Gasteiger partial charge is 0.322 e. The van der Waals surface area contributed by atoms with Gasteiger partial charge in [0.15, 0.2) is 0 Å². The first-order chi connectivity index (χ1) is 13.1. The Morgan fingerprint density at radius 3 is 2.04 bits per heavy atom. The minimum atomic E-state index is -0.231. The van der Waals surface area contributed by atoms with Gasteiger partial charge in [-0.1, -0.05) is 30.4 Å². The first kappa shape index (κ1) is 16.0. The molecule has 134 valence electrons. The van der Waals surface area contributed by atoms with Crippen LogP contribution in [0.2, 0.25) is 0 Å². The van der Waals surface area contributed by atoms with Crippen molar-refractivity contribution < 1.29 is 14.4 Å². The van der Waals surface area contributed by atoms with Gasteiger partial charge in [0.05, 0.1) is 17.5 Å². The number of fused-ring (bicyclic) bond motifs is 5. The fourth-order valence-corrected chi connectivity index (χ4v) is 4.64. The fourth-order valence-electron chi connectivity index (χ4n) is 4.64. The molecule has 0 unspecified atom stereocenters. The van der Waals surface area contributed by atoms with Gasteiger partial charge in [0.1, 0.15) is 0 Å². The van der Waals surface area contributed by atoms with Crippen LogP contribution in [0.5, 0.6) is 0 Å². The van der Waals surface area contributed by atoms with Gasteiger partial charge in [-0.05, 0) is 54.7 Å². The average molecular weight is 358 g/mol. The van der Waals surface area contributed by atoms with Crippen LogP contribution in [0.1, 0.15) is 16.8 Å². The number of amides is 3. The first-order valence-corrected chi connectivity index (χ1v) is 9.16. The molecule has 2 fully saturated rings. The number of carbonyl (C=O) groups is 3. The molecule has 1 saturated heterocycles. The number of carbonyl (C=O) groups excluding carboxylic acids is 3. The number of para-hydroxylation sites is 1. The molecule has 1 heterocycles. The van der Waals surface area contributed by atoms with E-state index in [2.05, 4.69) is 17.5 Å². The Kier molecular flexibility index (Phi) is 3.50. The number of allylic oxidation sites excluding steroid dienone is 2. The summed E-state index contributed by atoms with van der Waals surface area (Å²) in [6.45, 7) is 0. The Hall–Kier alpha value is -3.21. The highest BCUT2D eigenvalue weighted by Gasteiger charge is 2.59. The van der Waals surface area contributed by atoms with Crippen LogP contribution in [0.4, 0.5) is 11.4 Å². The van der Waals surface area contributed by atoms with Crippen molar-refractivity contribution in [3.63, 3.8) is 0 Å². The summed E-state index contributed by atoms with van der Waals surface area (Å²) >= 11 is 0. The molecule has 0 aromatic heterocycles. The minimum absolute atomic E-state index is 0.108. The van der Waals surface area contributed by atoms with E-state index in [1.807, 2.05) is 30.3 Å². The zero-order chi connectivity index (χ0) is 18.5. The smallest absolute Gasteiger partial charge is 0.255 e. The van der Waals surface area contributed by atoms with Crippen molar-refractivity contribution in [3.05, 3.63) is 72.3 Å². The number of rotatable bonds is 3. The molecular formula is C22H18N2O3. The highest BCUT2D eigenvalue weighted by molar-refractivity contribution is 6.23. The van der Waals surface area contributed by atoms with E-state index in [0.717, 1.165) is 6.42 Å². The van der Waals surface area contributed by atoms with Crippen LogP contribution in [-0.2, 0) is 9.59 Å². The Morgan fingerprint density at radius 1 is 0.852 bits per heavy atom. The zero-order valence-electron chi connectivity index (χ0n) is 14.5. The Bertz CT molecular complexity index is 935. The normalized spacial score (nSPS) is 27.9. The van der Waals surface area contributed by atoms with Crippen molar-refractivity contribution in [2.75, 3.05) is 10.2 Å². The molecule has 2 aliphatic carbocycles. The molecule has 1 aliphatic heterocycles. The van der Waals surface area contributed by atoms with Crippen molar-refractivity contribution >= 4 is 29.1 Å². The molecule has 0 spiro atoms. The van der Waals surface area contributed by atoms with E-state index in [1.54, 1.807) is 24.3 Å². The molecular weight excluding hydrogens is 340 g/mol. The predicted molar refractivity (Wildman–Crippen MR) is 101 cm³/mol. The second-order valence-corrected chi connectivity index (χ2v) is 7.38. The van der Waals surface area contributed by atoms with Gasteiger partial charge in [-0.2, -0.15) is 0 Å². The molecule has 5 nitrogen and oxygen atoms in total. The monoisotopic (exact) mass is 358 g/mol. The summed E-state index contributed by atoms with van der Waals surface area (Å²) in [6, 6.07) is 15.8. The van der Waals surface area contributed by atoms with Crippen LogP contribution in [0, 0.1) is 23.7 Å². The van der Waals surface area contributed by atoms with E-state index in [-0.39, 0.29) is 41.4 Å². The molecule has 5 rings (SSSR count). The number of imide groups is 1. The summed E-state index contributed by atoms with van der Waals surface area (Å²) < 4.78 is 0. The summed E-state index contributed by atoms with van der Waals surface area (Å²) in [7, 11) is 0. The van der Waals surface area contributed by atoms with Crippen LogP contribution < -0.4 is 10.2 Å². The molecule has 2 bridgehead atoms. The molecule has 3 amide bonds. The quantitative estimate of drug-likeness (QED) is 0.677. The van der Waals surface area contributed by atoms with Crippen molar-refractivity contribution in [3.8, 4) is 0 Å². The molecule has 4 atom stereocenters. The molecule has 0 radical (unpaired) electrons. The maximum atomic E-state index is 12.8. The summed E-state index contributed by atoms with van der Waals surface area (Å²) in [6.07, 6.45) is 5.08. The molecule has 2 aromatic carbocycles. The second-order valence-electron chi connectivity index (χ2n) is 7.38. The summed E-state index contributed by atoms with van der Waals surface area (Å²) in [5.41, 5.74) is 1.73. The highest BCUT2D eigenvalue weighted by atomic mass is 16.2. The number of anilines is 2. The number of benzene rings is 2. The van der Waals surface area contributed by atoms with Gasteiger partial charge in [0.25, 0.3) is 5.91 Å². The lowest BCUT2D eigenvalue weighted by atomic mass is 9.85.